The van der Waals surface area contributed by atoms with Crippen LogP contribution in [0.4, 0.5) is 17.3 Å². The number of nitrogens with one attached hydrogen (secondary N) is 1. The predicted molar refractivity (Wildman–Crippen MR) is 61.1 cm³/mol. The van der Waals surface area contributed by atoms with Gasteiger partial charge < -0.3 is 22.2 Å². The quantitative estimate of drug-likeness (QED) is 0.441. The van der Waals surface area contributed by atoms with Gasteiger partial charge in [0.25, 0.3) is 0 Å². The molecule has 0 aliphatic rings. The van der Waals surface area contributed by atoms with E-state index in [0.717, 1.165) is 6.54 Å². The Labute approximate surface area is 95.6 Å². The lowest BCUT2D eigenvalue weighted by Gasteiger charge is -2.23. The highest BCUT2D eigenvalue weighted by atomic mass is 19.5. The first-order valence-electron chi connectivity index (χ1n) is 5.14. The van der Waals surface area contributed by atoms with Crippen molar-refractivity contribution >= 4 is 7.25 Å². The van der Waals surface area contributed by atoms with E-state index in [2.05, 4.69) is 41.3 Å². The molecular formula is C10H22BF4N. The van der Waals surface area contributed by atoms with Crippen LogP contribution >= 0.6 is 0 Å². The molecule has 1 atom stereocenters. The SMILES string of the molecule is C=C(C)C[NH+](C)CC(C)(C)C.F[B-](F)(F)F. The Balaban J connectivity index is 0. The summed E-state index contributed by atoms with van der Waals surface area (Å²) in [6, 6.07) is 0. The summed E-state index contributed by atoms with van der Waals surface area (Å²) in [5, 5.41) is 0. The highest BCUT2D eigenvalue weighted by molar-refractivity contribution is 6.50. The Morgan fingerprint density at radius 2 is 1.50 bits per heavy atom. The van der Waals surface area contributed by atoms with Gasteiger partial charge in [-0.3, -0.25) is 0 Å². The Morgan fingerprint density at radius 1 is 1.19 bits per heavy atom. The van der Waals surface area contributed by atoms with Crippen molar-refractivity contribution in [1.29, 1.82) is 0 Å². The monoisotopic (exact) mass is 243 g/mol. The minimum absolute atomic E-state index is 0.430. The van der Waals surface area contributed by atoms with Crippen LogP contribution in [0.25, 0.3) is 0 Å². The van der Waals surface area contributed by atoms with Crippen LogP contribution in [0.5, 0.6) is 0 Å². The van der Waals surface area contributed by atoms with Gasteiger partial charge in [0, 0.05) is 5.41 Å². The maximum Gasteiger partial charge on any atom is 0.673 e. The molecule has 0 aliphatic carbocycles. The Morgan fingerprint density at radius 3 is 1.69 bits per heavy atom. The van der Waals surface area contributed by atoms with Crippen molar-refractivity contribution in [3.63, 3.8) is 0 Å². The summed E-state index contributed by atoms with van der Waals surface area (Å²) >= 11 is 0. The number of hydrogen-bond acceptors (Lipinski definition) is 0. The van der Waals surface area contributed by atoms with Crippen molar-refractivity contribution in [2.24, 2.45) is 5.41 Å². The number of rotatable bonds is 3. The molecule has 0 aromatic rings. The lowest BCUT2D eigenvalue weighted by atomic mass is 9.96. The van der Waals surface area contributed by atoms with Crippen LogP contribution in [0, 0.1) is 5.41 Å². The second kappa shape index (κ2) is 6.94. The Kier molecular flexibility index (Phi) is 7.75. The minimum atomic E-state index is -6.00. The molecule has 0 spiro atoms. The topological polar surface area (TPSA) is 4.44 Å². The fourth-order valence-electron chi connectivity index (χ4n) is 1.48. The van der Waals surface area contributed by atoms with Crippen LogP contribution in [0.1, 0.15) is 27.7 Å². The Hall–Kier alpha value is -0.515. The van der Waals surface area contributed by atoms with Gasteiger partial charge in [-0.1, -0.05) is 27.4 Å². The molecule has 98 valence electrons. The highest BCUT2D eigenvalue weighted by Crippen LogP contribution is 2.08. The summed E-state index contributed by atoms with van der Waals surface area (Å²) in [7, 11) is -3.78. The van der Waals surface area contributed by atoms with Crippen molar-refractivity contribution < 1.29 is 22.2 Å². The van der Waals surface area contributed by atoms with E-state index in [0.29, 0.717) is 5.41 Å². The molecule has 1 unspecified atom stereocenters. The lowest BCUT2D eigenvalue weighted by molar-refractivity contribution is -0.881. The average Bonchev–Trinajstić information content (AvgIpc) is 1.72. The zero-order chi connectivity index (χ0) is 13.6. The predicted octanol–water partition coefficient (Wildman–Crippen LogP) is 2.42. The molecule has 0 amide bonds. The molecule has 0 rings (SSSR count). The van der Waals surface area contributed by atoms with Crippen LogP contribution in [-0.4, -0.2) is 27.4 Å². The van der Waals surface area contributed by atoms with E-state index in [1.165, 1.54) is 12.1 Å². The summed E-state index contributed by atoms with van der Waals surface area (Å²) in [6.45, 7) is 15.1. The van der Waals surface area contributed by atoms with Gasteiger partial charge in [0.2, 0.25) is 0 Å². The lowest BCUT2D eigenvalue weighted by Crippen LogP contribution is -3.10. The number of quaternary nitrogens is 1. The second-order valence-electron chi connectivity index (χ2n) is 5.32. The van der Waals surface area contributed by atoms with Crippen LogP contribution in [0.15, 0.2) is 12.2 Å². The van der Waals surface area contributed by atoms with Crippen molar-refractivity contribution in [3.8, 4) is 0 Å². The third kappa shape index (κ3) is 29.2. The largest absolute Gasteiger partial charge is 0.673 e. The summed E-state index contributed by atoms with van der Waals surface area (Å²) in [5.74, 6) is 0. The molecule has 0 heterocycles. The van der Waals surface area contributed by atoms with Gasteiger partial charge in [0.05, 0.1) is 20.1 Å². The molecule has 0 fully saturated rings. The smallest absolute Gasteiger partial charge is 0.418 e. The summed E-state index contributed by atoms with van der Waals surface area (Å²) in [4.78, 5) is 1.55. The van der Waals surface area contributed by atoms with Crippen LogP contribution < -0.4 is 4.90 Å². The van der Waals surface area contributed by atoms with Gasteiger partial charge in [-0.05, 0) is 12.5 Å². The molecule has 0 aromatic heterocycles. The molecule has 1 nitrogen and oxygen atoms in total. The van der Waals surface area contributed by atoms with E-state index in [1.807, 2.05) is 0 Å². The van der Waals surface area contributed by atoms with Gasteiger partial charge in [0.1, 0.15) is 0 Å². The molecule has 16 heavy (non-hydrogen) atoms. The third-order valence-corrected chi connectivity index (χ3v) is 1.44. The molecule has 0 aliphatic heterocycles. The highest BCUT2D eigenvalue weighted by Gasteiger charge is 2.20. The minimum Gasteiger partial charge on any atom is -0.418 e. The van der Waals surface area contributed by atoms with E-state index in [4.69, 9.17) is 0 Å². The first kappa shape index (κ1) is 17.9. The molecule has 0 bridgehead atoms. The molecule has 6 heteroatoms. The average molecular weight is 243 g/mol. The van der Waals surface area contributed by atoms with Crippen LogP contribution in [0.2, 0.25) is 0 Å². The zero-order valence-electron chi connectivity index (χ0n) is 10.7. The van der Waals surface area contributed by atoms with Gasteiger partial charge in [-0.15, -0.1) is 0 Å². The molecule has 0 saturated heterocycles. The number of hydrogen-bond donors (Lipinski definition) is 1. The fraction of sp³-hybridized carbons (Fsp3) is 0.800. The molecule has 0 aromatic carbocycles. The van der Waals surface area contributed by atoms with Gasteiger partial charge >= 0.3 is 7.25 Å². The van der Waals surface area contributed by atoms with E-state index in [-0.39, 0.29) is 0 Å². The number of likely N-dealkylation sites (N-methyl/N-ethyl adjacent to an activating group) is 1. The molecule has 0 radical (unpaired) electrons. The maximum atomic E-state index is 9.75. The molecule has 0 saturated carbocycles. The van der Waals surface area contributed by atoms with E-state index < -0.39 is 7.25 Å². The summed E-state index contributed by atoms with van der Waals surface area (Å²) in [6.07, 6.45) is 0. The fourth-order valence-corrected chi connectivity index (χ4v) is 1.48. The first-order chi connectivity index (χ1) is 6.81. The zero-order valence-corrected chi connectivity index (χ0v) is 10.7. The summed E-state index contributed by atoms with van der Waals surface area (Å²) < 4.78 is 39.0. The van der Waals surface area contributed by atoms with E-state index in [9.17, 15) is 17.3 Å². The standard InChI is InChI=1S/C10H21N.BF4/c1-9(2)7-11(6)8-10(3,4)5;2-1(3,4)5/h1,7-8H2,2-6H3;/q;-1/p+1. The number of halogens is 4. The van der Waals surface area contributed by atoms with Gasteiger partial charge in [0.15, 0.2) is 0 Å². The normalized spacial score (nSPS) is 13.8. The van der Waals surface area contributed by atoms with Gasteiger partial charge in [-0.2, -0.15) is 0 Å². The third-order valence-electron chi connectivity index (χ3n) is 1.44. The van der Waals surface area contributed by atoms with Crippen molar-refractivity contribution in [1.82, 2.24) is 0 Å². The van der Waals surface area contributed by atoms with Crippen molar-refractivity contribution in [3.05, 3.63) is 12.2 Å². The maximum absolute atomic E-state index is 9.75. The van der Waals surface area contributed by atoms with Crippen molar-refractivity contribution in [2.45, 2.75) is 27.7 Å². The second-order valence-corrected chi connectivity index (χ2v) is 5.32. The first-order valence-corrected chi connectivity index (χ1v) is 5.14. The molecule has 1 N–H and O–H groups in total. The van der Waals surface area contributed by atoms with Crippen LogP contribution in [0.3, 0.4) is 0 Å². The van der Waals surface area contributed by atoms with Crippen LogP contribution in [-0.2, 0) is 0 Å². The Bertz CT molecular complexity index is 202. The summed E-state index contributed by atoms with van der Waals surface area (Å²) in [5.41, 5.74) is 1.70. The van der Waals surface area contributed by atoms with Crippen molar-refractivity contribution in [2.75, 3.05) is 20.1 Å². The van der Waals surface area contributed by atoms with Gasteiger partial charge in [-0.25, -0.2) is 0 Å². The van der Waals surface area contributed by atoms with E-state index in [1.54, 1.807) is 4.90 Å². The molecular weight excluding hydrogens is 221 g/mol. The van der Waals surface area contributed by atoms with E-state index >= 15 is 0 Å².